The van der Waals surface area contributed by atoms with Gasteiger partial charge in [-0.05, 0) is 49.2 Å². The number of rotatable bonds is 4. The highest BCUT2D eigenvalue weighted by molar-refractivity contribution is 5.77. The van der Waals surface area contributed by atoms with Crippen LogP contribution in [0.5, 0.6) is 0 Å². The van der Waals surface area contributed by atoms with Crippen molar-refractivity contribution in [1.29, 1.82) is 0 Å². The van der Waals surface area contributed by atoms with Crippen LogP contribution in [-0.2, 0) is 0 Å². The lowest BCUT2D eigenvalue weighted by atomic mass is 10.0. The summed E-state index contributed by atoms with van der Waals surface area (Å²) < 4.78 is 13.9. The number of aromatic nitrogens is 1. The first kappa shape index (κ1) is 14.9. The summed E-state index contributed by atoms with van der Waals surface area (Å²) in [4.78, 5) is 4.28. The highest BCUT2D eigenvalue weighted by Gasteiger charge is 2.07. The monoisotopic (exact) mass is 279 g/mol. The topological polar surface area (TPSA) is 12.9 Å². The Kier molecular flexibility index (Phi) is 4.83. The van der Waals surface area contributed by atoms with E-state index in [9.17, 15) is 4.39 Å². The van der Waals surface area contributed by atoms with E-state index in [1.165, 1.54) is 6.07 Å². The van der Waals surface area contributed by atoms with Crippen molar-refractivity contribution in [2.75, 3.05) is 0 Å². The van der Waals surface area contributed by atoms with Gasteiger partial charge in [0.2, 0.25) is 0 Å². The Morgan fingerprint density at radius 2 is 2.00 bits per heavy atom. The van der Waals surface area contributed by atoms with E-state index in [4.69, 9.17) is 0 Å². The minimum Gasteiger partial charge on any atom is -0.256 e. The van der Waals surface area contributed by atoms with Crippen molar-refractivity contribution in [3.8, 4) is 11.3 Å². The van der Waals surface area contributed by atoms with Gasteiger partial charge in [-0.25, -0.2) is 4.39 Å². The fraction of sp³-hybridized carbons (Fsp3) is 0.105. The number of pyridine rings is 1. The highest BCUT2D eigenvalue weighted by atomic mass is 19.1. The summed E-state index contributed by atoms with van der Waals surface area (Å²) >= 11 is 0. The van der Waals surface area contributed by atoms with Crippen molar-refractivity contribution in [2.45, 2.75) is 13.8 Å². The van der Waals surface area contributed by atoms with E-state index in [-0.39, 0.29) is 5.82 Å². The zero-order valence-corrected chi connectivity index (χ0v) is 12.3. The first-order valence-electron chi connectivity index (χ1n) is 6.84. The van der Waals surface area contributed by atoms with Crippen LogP contribution in [0.15, 0.2) is 73.0 Å². The molecule has 0 amide bonds. The Balaban J connectivity index is 2.47. The molecule has 1 aromatic carbocycles. The minimum atomic E-state index is -0.262. The lowest BCUT2D eigenvalue weighted by Crippen LogP contribution is -1.90. The normalized spacial score (nSPS) is 12.3. The predicted molar refractivity (Wildman–Crippen MR) is 87.2 cm³/mol. The fourth-order valence-corrected chi connectivity index (χ4v) is 2.06. The van der Waals surface area contributed by atoms with Crippen LogP contribution in [0.3, 0.4) is 0 Å². The zero-order valence-electron chi connectivity index (χ0n) is 12.3. The number of halogens is 1. The van der Waals surface area contributed by atoms with Crippen LogP contribution < -0.4 is 0 Å². The largest absolute Gasteiger partial charge is 0.256 e. The molecule has 21 heavy (non-hydrogen) atoms. The summed E-state index contributed by atoms with van der Waals surface area (Å²) in [5, 5.41) is 0. The minimum absolute atomic E-state index is 0.262. The molecular formula is C19H18FN. The standard InChI is InChI=1S/C19H18FN/c1-4-14(3)12-15(5-2)16-10-11-21-19(13-16)17-8-6-7-9-18(17)20/h4-13H,1H2,2-3H3/b14-12-,15-5+. The smallest absolute Gasteiger partial charge is 0.132 e. The first-order chi connectivity index (χ1) is 10.2. The van der Waals surface area contributed by atoms with Gasteiger partial charge in [0.25, 0.3) is 0 Å². The molecule has 0 unspecified atom stereocenters. The maximum absolute atomic E-state index is 13.9. The highest BCUT2D eigenvalue weighted by Crippen LogP contribution is 2.25. The lowest BCUT2D eigenvalue weighted by Gasteiger charge is -2.07. The summed E-state index contributed by atoms with van der Waals surface area (Å²) in [6.07, 6.45) is 7.58. The van der Waals surface area contributed by atoms with E-state index in [0.29, 0.717) is 11.3 Å². The third kappa shape index (κ3) is 3.54. The van der Waals surface area contributed by atoms with E-state index in [1.54, 1.807) is 18.3 Å². The average Bonchev–Trinajstić information content (AvgIpc) is 2.53. The Labute approximate surface area is 125 Å². The molecular weight excluding hydrogens is 261 g/mol. The second-order valence-corrected chi connectivity index (χ2v) is 4.75. The molecule has 0 aliphatic carbocycles. The first-order valence-corrected chi connectivity index (χ1v) is 6.84. The zero-order chi connectivity index (χ0) is 15.2. The molecule has 0 spiro atoms. The molecule has 0 saturated carbocycles. The Hall–Kier alpha value is -2.48. The molecule has 0 N–H and O–H groups in total. The van der Waals surface area contributed by atoms with Crippen molar-refractivity contribution in [3.05, 3.63) is 84.4 Å². The van der Waals surface area contributed by atoms with Gasteiger partial charge in [-0.1, -0.05) is 42.5 Å². The van der Waals surface area contributed by atoms with Crippen LogP contribution in [0.4, 0.5) is 4.39 Å². The fourth-order valence-electron chi connectivity index (χ4n) is 2.06. The molecule has 1 aromatic heterocycles. The number of benzene rings is 1. The van der Waals surface area contributed by atoms with Crippen molar-refractivity contribution < 1.29 is 4.39 Å². The van der Waals surface area contributed by atoms with Gasteiger partial charge in [-0.2, -0.15) is 0 Å². The maximum atomic E-state index is 13.9. The van der Waals surface area contributed by atoms with Crippen molar-refractivity contribution >= 4 is 5.57 Å². The summed E-state index contributed by atoms with van der Waals surface area (Å²) in [5.41, 5.74) is 4.29. The third-order valence-electron chi connectivity index (χ3n) is 3.26. The van der Waals surface area contributed by atoms with Crippen LogP contribution in [0.1, 0.15) is 19.4 Å². The molecule has 0 radical (unpaired) electrons. The van der Waals surface area contributed by atoms with Crippen LogP contribution in [0.25, 0.3) is 16.8 Å². The van der Waals surface area contributed by atoms with Crippen LogP contribution >= 0.6 is 0 Å². The molecule has 0 aliphatic heterocycles. The van der Waals surface area contributed by atoms with E-state index >= 15 is 0 Å². The summed E-state index contributed by atoms with van der Waals surface area (Å²) in [6.45, 7) is 7.73. The molecule has 0 bridgehead atoms. The second-order valence-electron chi connectivity index (χ2n) is 4.75. The Morgan fingerprint density at radius 1 is 1.24 bits per heavy atom. The molecule has 106 valence electrons. The van der Waals surface area contributed by atoms with E-state index < -0.39 is 0 Å². The van der Waals surface area contributed by atoms with Gasteiger partial charge in [0.1, 0.15) is 5.82 Å². The molecule has 2 heteroatoms. The SMILES string of the molecule is C=C/C(C)=C\C(=C/C)c1ccnc(-c2ccccc2F)c1. The second kappa shape index (κ2) is 6.80. The number of hydrogen-bond donors (Lipinski definition) is 0. The molecule has 0 saturated heterocycles. The summed E-state index contributed by atoms with van der Waals surface area (Å²) in [7, 11) is 0. The van der Waals surface area contributed by atoms with Crippen molar-refractivity contribution in [1.82, 2.24) is 4.98 Å². The molecule has 1 nitrogen and oxygen atoms in total. The van der Waals surface area contributed by atoms with Gasteiger partial charge < -0.3 is 0 Å². The van der Waals surface area contributed by atoms with Crippen LogP contribution in [0, 0.1) is 5.82 Å². The third-order valence-corrected chi connectivity index (χ3v) is 3.26. The molecule has 0 atom stereocenters. The van der Waals surface area contributed by atoms with Gasteiger partial charge in [0.05, 0.1) is 5.69 Å². The van der Waals surface area contributed by atoms with Gasteiger partial charge in [0, 0.05) is 11.8 Å². The van der Waals surface area contributed by atoms with E-state index in [2.05, 4.69) is 11.6 Å². The quantitative estimate of drug-likeness (QED) is 0.681. The maximum Gasteiger partial charge on any atom is 0.132 e. The Morgan fingerprint density at radius 3 is 2.67 bits per heavy atom. The summed E-state index contributed by atoms with van der Waals surface area (Å²) in [5.74, 6) is -0.262. The lowest BCUT2D eigenvalue weighted by molar-refractivity contribution is 0.630. The molecule has 0 fully saturated rings. The number of hydrogen-bond acceptors (Lipinski definition) is 1. The van der Waals surface area contributed by atoms with Crippen LogP contribution in [0.2, 0.25) is 0 Å². The van der Waals surface area contributed by atoms with Crippen molar-refractivity contribution in [3.63, 3.8) is 0 Å². The average molecular weight is 279 g/mol. The van der Waals surface area contributed by atoms with Gasteiger partial charge in [-0.15, -0.1) is 0 Å². The predicted octanol–water partition coefficient (Wildman–Crippen LogP) is 5.42. The van der Waals surface area contributed by atoms with Crippen molar-refractivity contribution in [2.24, 2.45) is 0 Å². The number of nitrogens with zero attached hydrogens (tertiary/aromatic N) is 1. The van der Waals surface area contributed by atoms with Gasteiger partial charge >= 0.3 is 0 Å². The van der Waals surface area contributed by atoms with E-state index in [1.807, 2.05) is 50.3 Å². The van der Waals surface area contributed by atoms with Crippen LogP contribution in [-0.4, -0.2) is 4.98 Å². The Bertz CT molecular complexity index is 711. The number of allylic oxidation sites excluding steroid dienone is 5. The van der Waals surface area contributed by atoms with Gasteiger partial charge in [-0.3, -0.25) is 4.98 Å². The van der Waals surface area contributed by atoms with Gasteiger partial charge in [0.15, 0.2) is 0 Å². The summed E-state index contributed by atoms with van der Waals surface area (Å²) in [6, 6.07) is 10.5. The molecule has 1 heterocycles. The van der Waals surface area contributed by atoms with E-state index in [0.717, 1.165) is 16.7 Å². The molecule has 0 aliphatic rings. The molecule has 2 rings (SSSR count). The molecule has 2 aromatic rings.